The van der Waals surface area contributed by atoms with Crippen LogP contribution in [0.25, 0.3) is 0 Å². The molecule has 1 amide bonds. The number of hydroxylamine groups is 1. The van der Waals surface area contributed by atoms with Crippen LogP contribution in [0, 0.1) is 0 Å². The maximum Gasteiger partial charge on any atom is 0.415 e. The minimum Gasteiger partial charge on any atom is -0.477 e. The average molecular weight is 284 g/mol. The summed E-state index contributed by atoms with van der Waals surface area (Å²) in [5.74, 6) is -1.21. The molecule has 0 fully saturated rings. The summed E-state index contributed by atoms with van der Waals surface area (Å²) in [7, 11) is 0. The van der Waals surface area contributed by atoms with Crippen LogP contribution in [0.5, 0.6) is 0 Å². The lowest BCUT2D eigenvalue weighted by atomic mass is 10.2. The summed E-state index contributed by atoms with van der Waals surface area (Å²) in [6, 6.07) is 0. The Bertz CT molecular complexity index is 437. The van der Waals surface area contributed by atoms with Gasteiger partial charge in [0.1, 0.15) is 5.60 Å². The largest absolute Gasteiger partial charge is 0.477 e. The quantitative estimate of drug-likeness (QED) is 0.453. The van der Waals surface area contributed by atoms with Crippen molar-refractivity contribution in [3.05, 3.63) is 24.0 Å². The number of ether oxygens (including phenoxy) is 1. The summed E-state index contributed by atoms with van der Waals surface area (Å²) < 4.78 is 5.18. The Morgan fingerprint density at radius 3 is 2.65 bits per heavy atom. The first kappa shape index (κ1) is 16.0. The minimum absolute atomic E-state index is 0.150. The van der Waals surface area contributed by atoms with Crippen LogP contribution in [0.4, 0.5) is 4.79 Å². The van der Waals surface area contributed by atoms with Gasteiger partial charge in [-0.3, -0.25) is 15.2 Å². The third-order valence-corrected chi connectivity index (χ3v) is 2.35. The highest BCUT2D eigenvalue weighted by Gasteiger charge is 2.35. The van der Waals surface area contributed by atoms with Crippen molar-refractivity contribution in [2.24, 2.45) is 0 Å². The molecule has 0 radical (unpaired) electrons. The van der Waals surface area contributed by atoms with Crippen molar-refractivity contribution >= 4 is 12.1 Å². The first-order valence-corrected chi connectivity index (χ1v) is 6.22. The number of carbonyl (C=O) groups is 2. The van der Waals surface area contributed by atoms with Gasteiger partial charge in [-0.1, -0.05) is 6.08 Å². The predicted octanol–water partition coefficient (Wildman–Crippen LogP) is 1.63. The molecular formula is C13H20N2O5. The molecule has 0 aromatic carbocycles. The van der Waals surface area contributed by atoms with Gasteiger partial charge in [0, 0.05) is 13.0 Å². The number of carboxylic acid groups (broad SMARTS) is 1. The first-order chi connectivity index (χ1) is 9.26. The molecule has 0 unspecified atom stereocenters. The lowest BCUT2D eigenvalue weighted by Gasteiger charge is -2.24. The van der Waals surface area contributed by atoms with Crippen molar-refractivity contribution in [1.29, 1.82) is 0 Å². The number of rotatable bonds is 5. The van der Waals surface area contributed by atoms with E-state index in [-0.39, 0.29) is 18.8 Å². The van der Waals surface area contributed by atoms with Crippen molar-refractivity contribution < 1.29 is 24.3 Å². The molecule has 0 atom stereocenters. The molecule has 112 valence electrons. The van der Waals surface area contributed by atoms with E-state index < -0.39 is 17.7 Å². The highest BCUT2D eigenvalue weighted by atomic mass is 16.6. The molecule has 0 saturated heterocycles. The van der Waals surface area contributed by atoms with Crippen molar-refractivity contribution in [3.8, 4) is 0 Å². The van der Waals surface area contributed by atoms with Gasteiger partial charge in [0.25, 0.3) is 0 Å². The highest BCUT2D eigenvalue weighted by Crippen LogP contribution is 2.24. The third kappa shape index (κ3) is 4.27. The molecule has 20 heavy (non-hydrogen) atoms. The SMILES string of the molecule is C=CCONC1=C(C(=O)O)N(C(=O)OC(C)(C)C)CC1. The van der Waals surface area contributed by atoms with E-state index in [1.54, 1.807) is 20.8 Å². The second-order valence-electron chi connectivity index (χ2n) is 5.22. The van der Waals surface area contributed by atoms with Gasteiger partial charge in [-0.15, -0.1) is 6.58 Å². The Morgan fingerprint density at radius 1 is 1.50 bits per heavy atom. The molecule has 7 nitrogen and oxygen atoms in total. The third-order valence-electron chi connectivity index (χ3n) is 2.35. The van der Waals surface area contributed by atoms with Crippen LogP contribution in [0.3, 0.4) is 0 Å². The number of hydrogen-bond donors (Lipinski definition) is 2. The Morgan fingerprint density at radius 2 is 2.15 bits per heavy atom. The lowest BCUT2D eigenvalue weighted by Crippen LogP contribution is -2.37. The van der Waals surface area contributed by atoms with Gasteiger partial charge in [0.05, 0.1) is 12.3 Å². The number of hydrogen-bond acceptors (Lipinski definition) is 5. The van der Waals surface area contributed by atoms with Crippen molar-refractivity contribution in [1.82, 2.24) is 10.4 Å². The van der Waals surface area contributed by atoms with Crippen molar-refractivity contribution in [2.45, 2.75) is 32.8 Å². The summed E-state index contributed by atoms with van der Waals surface area (Å²) in [6.45, 7) is 9.10. The van der Waals surface area contributed by atoms with E-state index in [1.165, 1.54) is 6.08 Å². The summed E-state index contributed by atoms with van der Waals surface area (Å²) >= 11 is 0. The molecule has 0 aliphatic carbocycles. The van der Waals surface area contributed by atoms with Crippen LogP contribution in [-0.4, -0.2) is 40.8 Å². The minimum atomic E-state index is -1.21. The standard InChI is InChI=1S/C13H20N2O5/c1-5-8-19-14-9-6-7-15(10(9)11(16)17)12(18)20-13(2,3)4/h5,14H,1,6-8H2,2-4H3,(H,16,17). The van der Waals surface area contributed by atoms with E-state index in [2.05, 4.69) is 12.1 Å². The number of nitrogens with zero attached hydrogens (tertiary/aromatic N) is 1. The Kier molecular flexibility index (Phi) is 5.15. The maximum absolute atomic E-state index is 12.0. The van der Waals surface area contributed by atoms with Gasteiger partial charge < -0.3 is 9.84 Å². The number of nitrogens with one attached hydrogen (secondary N) is 1. The van der Waals surface area contributed by atoms with Crippen LogP contribution in [0.15, 0.2) is 24.0 Å². The van der Waals surface area contributed by atoms with Crippen LogP contribution in [0.2, 0.25) is 0 Å². The fraction of sp³-hybridized carbons (Fsp3) is 0.538. The summed E-state index contributed by atoms with van der Waals surface area (Å²) in [5.41, 5.74) is 2.04. The molecule has 0 saturated carbocycles. The fourth-order valence-corrected chi connectivity index (χ4v) is 1.65. The van der Waals surface area contributed by atoms with Crippen LogP contribution in [0.1, 0.15) is 27.2 Å². The number of carboxylic acids is 1. The van der Waals surface area contributed by atoms with Gasteiger partial charge >= 0.3 is 12.1 Å². The van der Waals surface area contributed by atoms with E-state index in [1.807, 2.05) is 0 Å². The van der Waals surface area contributed by atoms with Crippen LogP contribution >= 0.6 is 0 Å². The fourth-order valence-electron chi connectivity index (χ4n) is 1.65. The Labute approximate surface area is 117 Å². The molecule has 0 aromatic rings. The molecule has 1 heterocycles. The van der Waals surface area contributed by atoms with Crippen LogP contribution < -0.4 is 5.48 Å². The molecule has 1 aliphatic heterocycles. The Hall–Kier alpha value is -2.02. The van der Waals surface area contributed by atoms with Gasteiger partial charge in [-0.25, -0.2) is 9.59 Å². The zero-order valence-electron chi connectivity index (χ0n) is 11.9. The van der Waals surface area contributed by atoms with Crippen LogP contribution in [-0.2, 0) is 14.4 Å². The average Bonchev–Trinajstić information content (AvgIpc) is 2.71. The lowest BCUT2D eigenvalue weighted by molar-refractivity contribution is -0.134. The topological polar surface area (TPSA) is 88.1 Å². The number of amides is 1. The number of aliphatic carboxylic acids is 1. The second-order valence-corrected chi connectivity index (χ2v) is 5.22. The zero-order valence-corrected chi connectivity index (χ0v) is 11.9. The van der Waals surface area contributed by atoms with Crippen molar-refractivity contribution in [2.75, 3.05) is 13.2 Å². The van der Waals surface area contributed by atoms with Gasteiger partial charge in [0.15, 0.2) is 5.70 Å². The molecule has 2 N–H and O–H groups in total. The van der Waals surface area contributed by atoms with Gasteiger partial charge in [0.2, 0.25) is 0 Å². The molecule has 1 rings (SSSR count). The zero-order chi connectivity index (χ0) is 15.3. The summed E-state index contributed by atoms with van der Waals surface area (Å²) in [5, 5.41) is 9.23. The first-order valence-electron chi connectivity index (χ1n) is 6.22. The number of carbonyl (C=O) groups excluding carboxylic acids is 1. The maximum atomic E-state index is 12.0. The molecule has 1 aliphatic rings. The molecule has 0 aromatic heterocycles. The van der Waals surface area contributed by atoms with E-state index in [0.29, 0.717) is 12.1 Å². The van der Waals surface area contributed by atoms with E-state index in [9.17, 15) is 14.7 Å². The van der Waals surface area contributed by atoms with Gasteiger partial charge in [-0.05, 0) is 20.8 Å². The van der Waals surface area contributed by atoms with E-state index in [0.717, 1.165) is 4.90 Å². The summed E-state index contributed by atoms with van der Waals surface area (Å²) in [4.78, 5) is 29.4. The van der Waals surface area contributed by atoms with Gasteiger partial charge in [-0.2, -0.15) is 0 Å². The molecule has 0 spiro atoms. The van der Waals surface area contributed by atoms with E-state index >= 15 is 0 Å². The monoisotopic (exact) mass is 284 g/mol. The molecule has 0 bridgehead atoms. The Balaban J connectivity index is 2.84. The van der Waals surface area contributed by atoms with E-state index in [4.69, 9.17) is 9.57 Å². The normalized spacial score (nSPS) is 15.2. The van der Waals surface area contributed by atoms with Crippen molar-refractivity contribution in [3.63, 3.8) is 0 Å². The smallest absolute Gasteiger partial charge is 0.415 e. The molecule has 7 heteroatoms. The highest BCUT2D eigenvalue weighted by molar-refractivity contribution is 5.92. The second kappa shape index (κ2) is 6.42. The predicted molar refractivity (Wildman–Crippen MR) is 71.5 cm³/mol. The summed E-state index contributed by atoms with van der Waals surface area (Å²) in [6.07, 6.45) is 1.20. The molecular weight excluding hydrogens is 264 g/mol.